The van der Waals surface area contributed by atoms with Crippen molar-refractivity contribution in [3.8, 4) is 0 Å². The molecule has 0 saturated heterocycles. The van der Waals surface area contributed by atoms with Crippen LogP contribution in [0, 0.1) is 5.92 Å². The van der Waals surface area contributed by atoms with Crippen molar-refractivity contribution in [2.24, 2.45) is 10.9 Å². The van der Waals surface area contributed by atoms with E-state index in [1.807, 2.05) is 0 Å². The minimum absolute atomic E-state index is 0.758. The second-order valence-electron chi connectivity index (χ2n) is 6.36. The van der Waals surface area contributed by atoms with Crippen LogP contribution in [0.1, 0.15) is 57.4 Å². The molecule has 1 aromatic rings. The Morgan fingerprint density at radius 2 is 1.90 bits per heavy atom. The molecule has 0 spiro atoms. The standard InChI is InChI=1S/C19H30N2/c1-17(16-18-11-5-4-6-12-18)10-9-15-21-19-13-7-2-3-8-14-20-19/h4-6,11-12,17H,2-3,7-10,13-16H2,1H3,(H,20,21). The van der Waals surface area contributed by atoms with Crippen molar-refractivity contribution in [3.05, 3.63) is 35.9 Å². The third kappa shape index (κ3) is 6.79. The van der Waals surface area contributed by atoms with E-state index in [1.54, 1.807) is 0 Å². The van der Waals surface area contributed by atoms with Crippen LogP contribution in [0.5, 0.6) is 0 Å². The highest BCUT2D eigenvalue weighted by atomic mass is 15.0. The van der Waals surface area contributed by atoms with E-state index in [0.717, 1.165) is 25.4 Å². The van der Waals surface area contributed by atoms with Gasteiger partial charge in [0.25, 0.3) is 0 Å². The van der Waals surface area contributed by atoms with Crippen molar-refractivity contribution >= 4 is 5.84 Å². The Hall–Kier alpha value is -1.31. The zero-order chi connectivity index (χ0) is 14.8. The number of nitrogens with one attached hydrogen (secondary N) is 1. The molecule has 1 N–H and O–H groups in total. The lowest BCUT2D eigenvalue weighted by Gasteiger charge is -2.14. The molecule has 0 fully saturated rings. The maximum absolute atomic E-state index is 4.67. The van der Waals surface area contributed by atoms with Crippen LogP contribution in [-0.4, -0.2) is 18.9 Å². The lowest BCUT2D eigenvalue weighted by molar-refractivity contribution is 0.504. The number of benzene rings is 1. The summed E-state index contributed by atoms with van der Waals surface area (Å²) in [4.78, 5) is 4.67. The molecule has 1 heterocycles. The summed E-state index contributed by atoms with van der Waals surface area (Å²) in [6.45, 7) is 4.46. The van der Waals surface area contributed by atoms with Crippen molar-refractivity contribution in [1.82, 2.24) is 5.32 Å². The fourth-order valence-corrected chi connectivity index (χ4v) is 3.00. The average molecular weight is 286 g/mol. The maximum Gasteiger partial charge on any atom is 0.0963 e. The summed E-state index contributed by atoms with van der Waals surface area (Å²) < 4.78 is 0. The van der Waals surface area contributed by atoms with Crippen molar-refractivity contribution in [2.45, 2.75) is 58.3 Å². The van der Waals surface area contributed by atoms with E-state index < -0.39 is 0 Å². The quantitative estimate of drug-likeness (QED) is 0.759. The first-order chi connectivity index (χ1) is 10.3. The fraction of sp³-hybridized carbons (Fsp3) is 0.632. The molecule has 1 unspecified atom stereocenters. The van der Waals surface area contributed by atoms with Gasteiger partial charge in [0.05, 0.1) is 5.84 Å². The number of nitrogens with zero attached hydrogens (tertiary/aromatic N) is 1. The molecule has 1 aliphatic rings. The molecule has 21 heavy (non-hydrogen) atoms. The van der Waals surface area contributed by atoms with Gasteiger partial charge in [-0.1, -0.05) is 50.1 Å². The van der Waals surface area contributed by atoms with Gasteiger partial charge in [0.15, 0.2) is 0 Å². The topological polar surface area (TPSA) is 24.4 Å². The molecule has 2 rings (SSSR count). The van der Waals surface area contributed by atoms with Crippen LogP contribution < -0.4 is 5.32 Å². The van der Waals surface area contributed by atoms with Crippen molar-refractivity contribution in [3.63, 3.8) is 0 Å². The number of rotatable bonds is 6. The first-order valence-electron chi connectivity index (χ1n) is 8.66. The predicted octanol–water partition coefficient (Wildman–Crippen LogP) is 4.60. The second-order valence-corrected chi connectivity index (χ2v) is 6.36. The number of hydrogen-bond acceptors (Lipinski definition) is 2. The molecule has 0 amide bonds. The maximum atomic E-state index is 4.67. The van der Waals surface area contributed by atoms with Crippen LogP contribution >= 0.6 is 0 Å². The molecule has 0 aliphatic carbocycles. The lowest BCUT2D eigenvalue weighted by Crippen LogP contribution is -2.26. The van der Waals surface area contributed by atoms with Gasteiger partial charge in [-0.2, -0.15) is 0 Å². The highest BCUT2D eigenvalue weighted by Gasteiger charge is 2.05. The third-order valence-corrected chi connectivity index (χ3v) is 4.25. The van der Waals surface area contributed by atoms with Crippen molar-refractivity contribution < 1.29 is 0 Å². The van der Waals surface area contributed by atoms with Crippen molar-refractivity contribution in [2.75, 3.05) is 13.1 Å². The summed E-state index contributed by atoms with van der Waals surface area (Å²) in [5.74, 6) is 2.01. The van der Waals surface area contributed by atoms with Gasteiger partial charge < -0.3 is 5.32 Å². The normalized spacial score (nSPS) is 17.5. The van der Waals surface area contributed by atoms with Gasteiger partial charge in [0, 0.05) is 19.5 Å². The van der Waals surface area contributed by atoms with Gasteiger partial charge in [-0.3, -0.25) is 4.99 Å². The van der Waals surface area contributed by atoms with Crippen LogP contribution in [0.15, 0.2) is 35.3 Å². The Balaban J connectivity index is 1.60. The Bertz CT molecular complexity index is 411. The van der Waals surface area contributed by atoms with E-state index in [9.17, 15) is 0 Å². The molecular weight excluding hydrogens is 256 g/mol. The van der Waals surface area contributed by atoms with Gasteiger partial charge in [-0.15, -0.1) is 0 Å². The van der Waals surface area contributed by atoms with Gasteiger partial charge in [-0.25, -0.2) is 0 Å². The van der Waals surface area contributed by atoms with Crippen LogP contribution in [0.4, 0.5) is 0 Å². The van der Waals surface area contributed by atoms with Crippen LogP contribution in [-0.2, 0) is 6.42 Å². The van der Waals surface area contributed by atoms with E-state index in [1.165, 1.54) is 56.3 Å². The van der Waals surface area contributed by atoms with Gasteiger partial charge >= 0.3 is 0 Å². The smallest absolute Gasteiger partial charge is 0.0963 e. The molecule has 0 bridgehead atoms. The Labute approximate surface area is 130 Å². The Morgan fingerprint density at radius 3 is 2.76 bits per heavy atom. The molecule has 1 atom stereocenters. The minimum atomic E-state index is 0.758. The average Bonchev–Trinajstić information content (AvgIpc) is 2.46. The largest absolute Gasteiger partial charge is 0.374 e. The van der Waals surface area contributed by atoms with Crippen molar-refractivity contribution in [1.29, 1.82) is 0 Å². The molecule has 0 aromatic heterocycles. The summed E-state index contributed by atoms with van der Waals surface area (Å²) in [7, 11) is 0. The van der Waals surface area contributed by atoms with E-state index in [-0.39, 0.29) is 0 Å². The molecule has 1 aromatic carbocycles. The van der Waals surface area contributed by atoms with Crippen LogP contribution in [0.25, 0.3) is 0 Å². The molecule has 0 radical (unpaired) electrons. The summed E-state index contributed by atoms with van der Waals surface area (Å²) in [5, 5.41) is 3.56. The lowest BCUT2D eigenvalue weighted by atomic mass is 9.97. The fourth-order valence-electron chi connectivity index (χ4n) is 3.00. The van der Waals surface area contributed by atoms with E-state index >= 15 is 0 Å². The van der Waals surface area contributed by atoms with E-state index in [2.05, 4.69) is 47.6 Å². The Kier molecular flexibility index (Phi) is 7.34. The van der Waals surface area contributed by atoms with E-state index in [4.69, 9.17) is 0 Å². The highest BCUT2D eigenvalue weighted by Crippen LogP contribution is 2.13. The third-order valence-electron chi connectivity index (χ3n) is 4.25. The first kappa shape index (κ1) is 16.1. The summed E-state index contributed by atoms with van der Waals surface area (Å²) >= 11 is 0. The van der Waals surface area contributed by atoms with Gasteiger partial charge in [0.1, 0.15) is 0 Å². The number of hydrogen-bond donors (Lipinski definition) is 1. The Morgan fingerprint density at radius 1 is 1.10 bits per heavy atom. The molecule has 2 nitrogen and oxygen atoms in total. The zero-order valence-corrected chi connectivity index (χ0v) is 13.5. The van der Waals surface area contributed by atoms with Gasteiger partial charge in [-0.05, 0) is 43.6 Å². The summed E-state index contributed by atoms with van der Waals surface area (Å²) in [6.07, 6.45) is 10.2. The minimum Gasteiger partial charge on any atom is -0.374 e. The molecule has 0 saturated carbocycles. The summed E-state index contributed by atoms with van der Waals surface area (Å²) in [6, 6.07) is 10.8. The van der Waals surface area contributed by atoms with Crippen LogP contribution in [0.3, 0.4) is 0 Å². The zero-order valence-electron chi connectivity index (χ0n) is 13.5. The van der Waals surface area contributed by atoms with Gasteiger partial charge in [0.2, 0.25) is 0 Å². The summed E-state index contributed by atoms with van der Waals surface area (Å²) in [5.41, 5.74) is 1.46. The molecule has 116 valence electrons. The number of aliphatic imine (C=N–C) groups is 1. The van der Waals surface area contributed by atoms with E-state index in [0.29, 0.717) is 0 Å². The second kappa shape index (κ2) is 9.59. The SMILES string of the molecule is CC(CCCNC1=NCCCCCC1)Cc1ccccc1. The first-order valence-corrected chi connectivity index (χ1v) is 8.66. The predicted molar refractivity (Wildman–Crippen MR) is 91.9 cm³/mol. The monoisotopic (exact) mass is 286 g/mol. The highest BCUT2D eigenvalue weighted by molar-refractivity contribution is 5.82. The molecular formula is C19H30N2. The molecule has 2 heteroatoms. The number of amidine groups is 1. The van der Waals surface area contributed by atoms with Crippen LogP contribution in [0.2, 0.25) is 0 Å². The molecule has 1 aliphatic heterocycles.